The maximum atomic E-state index is 12.0. The number of thiazole rings is 1. The number of aromatic nitrogens is 1. The average Bonchev–Trinajstić information content (AvgIpc) is 2.95. The third-order valence-corrected chi connectivity index (χ3v) is 4.23. The zero-order valence-corrected chi connectivity index (χ0v) is 14.4. The molecule has 2 aromatic carbocycles. The van der Waals surface area contributed by atoms with Crippen LogP contribution >= 0.6 is 11.3 Å². The van der Waals surface area contributed by atoms with Crippen molar-refractivity contribution in [3.8, 4) is 11.5 Å². The lowest BCUT2D eigenvalue weighted by Gasteiger charge is -2.07. The number of amides is 1. The standard InChI is InChI=1S/C18H18N2O3S/c1-3-22-13-5-7-14(8-6-13)23-11-17(21)20-18-19-15-9-4-12(2)10-16(15)24-18/h4-10H,3,11H2,1-2H3,(H,19,20,21). The highest BCUT2D eigenvalue weighted by Gasteiger charge is 2.09. The molecule has 1 amide bonds. The van der Waals surface area contributed by atoms with Crippen LogP contribution in [0.2, 0.25) is 0 Å². The van der Waals surface area contributed by atoms with Gasteiger partial charge in [0.2, 0.25) is 0 Å². The Morgan fingerprint density at radius 1 is 1.12 bits per heavy atom. The van der Waals surface area contributed by atoms with E-state index in [4.69, 9.17) is 9.47 Å². The van der Waals surface area contributed by atoms with Crippen LogP contribution in [0.3, 0.4) is 0 Å². The van der Waals surface area contributed by atoms with Gasteiger partial charge in [-0.25, -0.2) is 4.98 Å². The molecule has 3 rings (SSSR count). The van der Waals surface area contributed by atoms with Crippen LogP contribution in [0.4, 0.5) is 5.13 Å². The zero-order valence-electron chi connectivity index (χ0n) is 13.5. The molecule has 0 unspecified atom stereocenters. The molecule has 24 heavy (non-hydrogen) atoms. The molecule has 0 saturated carbocycles. The summed E-state index contributed by atoms with van der Waals surface area (Å²) in [7, 11) is 0. The molecule has 1 aromatic heterocycles. The second-order valence-electron chi connectivity index (χ2n) is 5.23. The smallest absolute Gasteiger partial charge is 0.264 e. The van der Waals surface area contributed by atoms with E-state index >= 15 is 0 Å². The fourth-order valence-corrected chi connectivity index (χ4v) is 3.17. The van der Waals surface area contributed by atoms with E-state index in [-0.39, 0.29) is 12.5 Å². The van der Waals surface area contributed by atoms with E-state index in [0.717, 1.165) is 16.0 Å². The average molecular weight is 342 g/mol. The Labute approximate surface area is 144 Å². The molecule has 0 fully saturated rings. The van der Waals surface area contributed by atoms with Crippen LogP contribution in [-0.4, -0.2) is 24.1 Å². The van der Waals surface area contributed by atoms with Crippen LogP contribution in [0.1, 0.15) is 12.5 Å². The van der Waals surface area contributed by atoms with Crippen molar-refractivity contribution in [1.82, 2.24) is 4.98 Å². The number of ether oxygens (including phenoxy) is 2. The van der Waals surface area contributed by atoms with Gasteiger partial charge in [-0.3, -0.25) is 10.1 Å². The maximum Gasteiger partial charge on any atom is 0.264 e. The van der Waals surface area contributed by atoms with Gasteiger partial charge in [-0.1, -0.05) is 17.4 Å². The lowest BCUT2D eigenvalue weighted by atomic mass is 10.2. The number of fused-ring (bicyclic) bond motifs is 1. The lowest BCUT2D eigenvalue weighted by molar-refractivity contribution is -0.118. The Morgan fingerprint density at radius 2 is 1.83 bits per heavy atom. The summed E-state index contributed by atoms with van der Waals surface area (Å²) < 4.78 is 11.9. The highest BCUT2D eigenvalue weighted by atomic mass is 32.1. The van der Waals surface area contributed by atoms with Crippen molar-refractivity contribution >= 4 is 32.6 Å². The number of hydrogen-bond donors (Lipinski definition) is 1. The van der Waals surface area contributed by atoms with Gasteiger partial charge in [0.05, 0.1) is 16.8 Å². The number of carbonyl (C=O) groups excluding carboxylic acids is 1. The van der Waals surface area contributed by atoms with Gasteiger partial charge >= 0.3 is 0 Å². The molecule has 6 heteroatoms. The van der Waals surface area contributed by atoms with E-state index < -0.39 is 0 Å². The fourth-order valence-electron chi connectivity index (χ4n) is 2.19. The maximum absolute atomic E-state index is 12.0. The summed E-state index contributed by atoms with van der Waals surface area (Å²) in [5.74, 6) is 1.16. The highest BCUT2D eigenvalue weighted by molar-refractivity contribution is 7.22. The summed E-state index contributed by atoms with van der Waals surface area (Å²) >= 11 is 1.45. The van der Waals surface area contributed by atoms with E-state index in [0.29, 0.717) is 17.5 Å². The van der Waals surface area contributed by atoms with E-state index in [9.17, 15) is 4.79 Å². The second-order valence-corrected chi connectivity index (χ2v) is 6.26. The molecule has 0 bridgehead atoms. The first-order valence-electron chi connectivity index (χ1n) is 7.67. The highest BCUT2D eigenvalue weighted by Crippen LogP contribution is 2.26. The lowest BCUT2D eigenvalue weighted by Crippen LogP contribution is -2.19. The third kappa shape index (κ3) is 4.02. The van der Waals surface area contributed by atoms with Crippen LogP contribution in [-0.2, 0) is 4.79 Å². The normalized spacial score (nSPS) is 10.6. The zero-order chi connectivity index (χ0) is 16.9. The van der Waals surface area contributed by atoms with Crippen molar-refractivity contribution in [3.05, 3.63) is 48.0 Å². The minimum atomic E-state index is -0.236. The van der Waals surface area contributed by atoms with E-state index in [1.165, 1.54) is 16.9 Å². The monoisotopic (exact) mass is 342 g/mol. The van der Waals surface area contributed by atoms with Gasteiger partial charge in [0, 0.05) is 0 Å². The number of benzene rings is 2. The predicted molar refractivity (Wildman–Crippen MR) is 96.1 cm³/mol. The van der Waals surface area contributed by atoms with Crippen LogP contribution in [0.5, 0.6) is 11.5 Å². The van der Waals surface area contributed by atoms with Crippen molar-refractivity contribution in [3.63, 3.8) is 0 Å². The summed E-state index contributed by atoms with van der Waals surface area (Å²) in [4.78, 5) is 16.4. The van der Waals surface area contributed by atoms with Crippen LogP contribution < -0.4 is 14.8 Å². The van der Waals surface area contributed by atoms with Gasteiger partial charge in [-0.2, -0.15) is 0 Å². The van der Waals surface area contributed by atoms with E-state index in [1.54, 1.807) is 12.1 Å². The van der Waals surface area contributed by atoms with Crippen molar-refractivity contribution in [2.75, 3.05) is 18.5 Å². The first-order valence-corrected chi connectivity index (χ1v) is 8.48. The van der Waals surface area contributed by atoms with Crippen LogP contribution in [0.25, 0.3) is 10.2 Å². The summed E-state index contributed by atoms with van der Waals surface area (Å²) in [6, 6.07) is 13.2. The number of nitrogens with one attached hydrogen (secondary N) is 1. The van der Waals surface area contributed by atoms with E-state index in [1.807, 2.05) is 38.1 Å². The molecule has 0 radical (unpaired) electrons. The second kappa shape index (κ2) is 7.31. The molecule has 0 aliphatic carbocycles. The Bertz CT molecular complexity index is 843. The molecule has 5 nitrogen and oxygen atoms in total. The molecular formula is C18H18N2O3S. The predicted octanol–water partition coefficient (Wildman–Crippen LogP) is 4.02. The van der Waals surface area contributed by atoms with Gasteiger partial charge in [0.15, 0.2) is 11.7 Å². The summed E-state index contributed by atoms with van der Waals surface area (Å²) in [6.07, 6.45) is 0. The van der Waals surface area contributed by atoms with Crippen LogP contribution in [0, 0.1) is 6.92 Å². The first kappa shape index (κ1) is 16.3. The molecule has 1 heterocycles. The van der Waals surface area contributed by atoms with Gasteiger partial charge in [-0.15, -0.1) is 0 Å². The van der Waals surface area contributed by atoms with Gasteiger partial charge in [0.25, 0.3) is 5.91 Å². The molecule has 0 aliphatic rings. The van der Waals surface area contributed by atoms with Crippen molar-refractivity contribution in [1.29, 1.82) is 0 Å². The van der Waals surface area contributed by atoms with E-state index in [2.05, 4.69) is 16.4 Å². The van der Waals surface area contributed by atoms with Crippen molar-refractivity contribution in [2.24, 2.45) is 0 Å². The van der Waals surface area contributed by atoms with Crippen molar-refractivity contribution < 1.29 is 14.3 Å². The number of carbonyl (C=O) groups is 1. The van der Waals surface area contributed by atoms with Gasteiger partial charge in [-0.05, 0) is 55.8 Å². The number of rotatable bonds is 6. The minimum absolute atomic E-state index is 0.0665. The van der Waals surface area contributed by atoms with Crippen LogP contribution in [0.15, 0.2) is 42.5 Å². The first-order chi connectivity index (χ1) is 11.6. The number of nitrogens with zero attached hydrogens (tertiary/aromatic N) is 1. The molecule has 0 spiro atoms. The molecule has 0 saturated heterocycles. The molecule has 1 N–H and O–H groups in total. The summed E-state index contributed by atoms with van der Waals surface area (Å²) in [6.45, 7) is 4.51. The number of aryl methyl sites for hydroxylation is 1. The van der Waals surface area contributed by atoms with Gasteiger partial charge in [0.1, 0.15) is 11.5 Å². The quantitative estimate of drug-likeness (QED) is 0.735. The largest absolute Gasteiger partial charge is 0.494 e. The molecule has 3 aromatic rings. The minimum Gasteiger partial charge on any atom is -0.494 e. The number of hydrogen-bond acceptors (Lipinski definition) is 5. The fraction of sp³-hybridized carbons (Fsp3) is 0.222. The Hall–Kier alpha value is -2.60. The SMILES string of the molecule is CCOc1ccc(OCC(=O)Nc2nc3ccc(C)cc3s2)cc1. The Kier molecular flexibility index (Phi) is 4.96. The summed E-state index contributed by atoms with van der Waals surface area (Å²) in [5.41, 5.74) is 2.05. The Morgan fingerprint density at radius 3 is 2.54 bits per heavy atom. The number of anilines is 1. The molecule has 124 valence electrons. The molecular weight excluding hydrogens is 324 g/mol. The van der Waals surface area contributed by atoms with Gasteiger partial charge < -0.3 is 9.47 Å². The molecule has 0 aliphatic heterocycles. The topological polar surface area (TPSA) is 60.5 Å². The summed E-state index contributed by atoms with van der Waals surface area (Å²) in [5, 5.41) is 3.35. The third-order valence-electron chi connectivity index (χ3n) is 3.29. The van der Waals surface area contributed by atoms with Crippen molar-refractivity contribution in [2.45, 2.75) is 13.8 Å². The Balaban J connectivity index is 1.56. The molecule has 0 atom stereocenters.